The fraction of sp³-hybridized carbons (Fsp3) is 0.750. The third kappa shape index (κ3) is 2.98. The van der Waals surface area contributed by atoms with Crippen LogP contribution in [-0.2, 0) is 4.79 Å². The highest BCUT2D eigenvalue weighted by molar-refractivity contribution is 5.96. The van der Waals surface area contributed by atoms with E-state index in [9.17, 15) is 4.79 Å². The van der Waals surface area contributed by atoms with Gasteiger partial charge in [-0.25, -0.2) is 0 Å². The van der Waals surface area contributed by atoms with Crippen LogP contribution in [0.15, 0.2) is 11.6 Å². The largest absolute Gasteiger partial charge is 0.294 e. The monoisotopic (exact) mass is 180 g/mol. The van der Waals surface area contributed by atoms with Crippen LogP contribution in [0, 0.1) is 5.92 Å². The molecule has 1 unspecified atom stereocenters. The predicted molar refractivity (Wildman–Crippen MR) is 55.6 cm³/mol. The molecular weight excluding hydrogens is 160 g/mol. The molecule has 0 heterocycles. The van der Waals surface area contributed by atoms with Gasteiger partial charge in [0.15, 0.2) is 5.78 Å². The topological polar surface area (TPSA) is 17.1 Å². The van der Waals surface area contributed by atoms with Crippen LogP contribution in [0.1, 0.15) is 52.4 Å². The van der Waals surface area contributed by atoms with Gasteiger partial charge in [-0.3, -0.25) is 4.79 Å². The molecule has 1 nitrogen and oxygen atoms in total. The van der Waals surface area contributed by atoms with Gasteiger partial charge < -0.3 is 0 Å². The van der Waals surface area contributed by atoms with Crippen molar-refractivity contribution < 1.29 is 4.79 Å². The van der Waals surface area contributed by atoms with Gasteiger partial charge in [0.05, 0.1) is 0 Å². The van der Waals surface area contributed by atoms with E-state index in [1.54, 1.807) is 0 Å². The zero-order valence-corrected chi connectivity index (χ0v) is 8.81. The molecular formula is C12H20O. The number of hydrogen-bond acceptors (Lipinski definition) is 1. The van der Waals surface area contributed by atoms with Crippen LogP contribution in [0.4, 0.5) is 0 Å². The smallest absolute Gasteiger partial charge is 0.161 e. The number of Topliss-reactive ketones (excluding diaryl/α,β-unsaturated/α-hetero) is 1. The highest BCUT2D eigenvalue weighted by Crippen LogP contribution is 2.22. The van der Waals surface area contributed by atoms with Gasteiger partial charge in [-0.1, -0.05) is 26.3 Å². The van der Waals surface area contributed by atoms with Gasteiger partial charge >= 0.3 is 0 Å². The van der Waals surface area contributed by atoms with Crippen LogP contribution in [0.3, 0.4) is 0 Å². The number of carbonyl (C=O) groups excluding carboxylic acids is 1. The van der Waals surface area contributed by atoms with Gasteiger partial charge in [0.2, 0.25) is 0 Å². The van der Waals surface area contributed by atoms with E-state index in [4.69, 9.17) is 0 Å². The Bertz CT molecular complexity index is 203. The number of hydrogen-bond donors (Lipinski definition) is 0. The molecule has 0 saturated carbocycles. The van der Waals surface area contributed by atoms with E-state index in [1.807, 2.05) is 0 Å². The maximum absolute atomic E-state index is 11.8. The van der Waals surface area contributed by atoms with Crippen LogP contribution in [-0.4, -0.2) is 5.78 Å². The maximum Gasteiger partial charge on any atom is 0.161 e. The second-order valence-corrected chi connectivity index (χ2v) is 4.03. The minimum absolute atomic E-state index is 0.245. The number of allylic oxidation sites excluding steroid dienone is 2. The summed E-state index contributed by atoms with van der Waals surface area (Å²) in [4.78, 5) is 11.8. The minimum Gasteiger partial charge on any atom is -0.294 e. The standard InChI is InChI=1S/C12H20O/c1-3-7-10(2)12(13)11-8-5-4-6-9-11/h8,10H,3-7,9H2,1-2H3. The van der Waals surface area contributed by atoms with Crippen molar-refractivity contribution >= 4 is 5.78 Å². The van der Waals surface area contributed by atoms with Crippen molar-refractivity contribution in [1.82, 2.24) is 0 Å². The average molecular weight is 180 g/mol. The van der Waals surface area contributed by atoms with E-state index in [0.717, 1.165) is 31.3 Å². The fourth-order valence-corrected chi connectivity index (χ4v) is 1.94. The Hall–Kier alpha value is -0.590. The first kappa shape index (κ1) is 10.5. The lowest BCUT2D eigenvalue weighted by Gasteiger charge is -2.15. The predicted octanol–water partition coefficient (Wildman–Crippen LogP) is 3.49. The summed E-state index contributed by atoms with van der Waals surface area (Å²) >= 11 is 0. The number of ketones is 1. The number of carbonyl (C=O) groups is 1. The summed E-state index contributed by atoms with van der Waals surface area (Å²) in [6.45, 7) is 4.19. The van der Waals surface area contributed by atoms with E-state index in [1.165, 1.54) is 12.8 Å². The van der Waals surface area contributed by atoms with Crippen molar-refractivity contribution in [3.63, 3.8) is 0 Å². The molecule has 1 aliphatic carbocycles. The molecule has 0 radical (unpaired) electrons. The Morgan fingerprint density at radius 1 is 1.54 bits per heavy atom. The zero-order chi connectivity index (χ0) is 9.68. The van der Waals surface area contributed by atoms with Crippen LogP contribution in [0.5, 0.6) is 0 Å². The van der Waals surface area contributed by atoms with E-state index >= 15 is 0 Å². The molecule has 0 spiro atoms. The lowest BCUT2D eigenvalue weighted by atomic mass is 9.89. The molecule has 13 heavy (non-hydrogen) atoms. The van der Waals surface area contributed by atoms with Crippen LogP contribution in [0.2, 0.25) is 0 Å². The van der Waals surface area contributed by atoms with E-state index < -0.39 is 0 Å². The first-order valence-electron chi connectivity index (χ1n) is 5.49. The Morgan fingerprint density at radius 2 is 2.31 bits per heavy atom. The molecule has 0 aromatic heterocycles. The second kappa shape index (κ2) is 5.21. The molecule has 0 aromatic carbocycles. The van der Waals surface area contributed by atoms with Crippen molar-refractivity contribution in [1.29, 1.82) is 0 Å². The molecule has 0 bridgehead atoms. The Morgan fingerprint density at radius 3 is 2.85 bits per heavy atom. The van der Waals surface area contributed by atoms with E-state index in [-0.39, 0.29) is 5.92 Å². The highest BCUT2D eigenvalue weighted by atomic mass is 16.1. The van der Waals surface area contributed by atoms with E-state index in [2.05, 4.69) is 19.9 Å². The highest BCUT2D eigenvalue weighted by Gasteiger charge is 2.17. The van der Waals surface area contributed by atoms with Gasteiger partial charge in [0.25, 0.3) is 0 Å². The van der Waals surface area contributed by atoms with Crippen LogP contribution < -0.4 is 0 Å². The lowest BCUT2D eigenvalue weighted by Crippen LogP contribution is -2.14. The quantitative estimate of drug-likeness (QED) is 0.647. The number of rotatable bonds is 4. The summed E-state index contributed by atoms with van der Waals surface area (Å²) in [6.07, 6.45) is 8.90. The lowest BCUT2D eigenvalue weighted by molar-refractivity contribution is -0.119. The molecule has 1 rings (SSSR count). The molecule has 0 aromatic rings. The first-order chi connectivity index (χ1) is 6.25. The van der Waals surface area contributed by atoms with Crippen LogP contribution >= 0.6 is 0 Å². The van der Waals surface area contributed by atoms with Gasteiger partial charge in [-0.2, -0.15) is 0 Å². The van der Waals surface area contributed by atoms with Crippen molar-refractivity contribution in [3.8, 4) is 0 Å². The molecule has 74 valence electrons. The summed E-state index contributed by atoms with van der Waals surface area (Å²) in [6, 6.07) is 0. The summed E-state index contributed by atoms with van der Waals surface area (Å²) in [7, 11) is 0. The van der Waals surface area contributed by atoms with Crippen LogP contribution in [0.25, 0.3) is 0 Å². The Balaban J connectivity index is 2.50. The Kier molecular flexibility index (Phi) is 4.20. The molecule has 0 amide bonds. The SMILES string of the molecule is CCCC(C)C(=O)C1=CCCCC1. The van der Waals surface area contributed by atoms with Gasteiger partial charge in [-0.05, 0) is 37.7 Å². The van der Waals surface area contributed by atoms with Crippen molar-refractivity contribution in [2.75, 3.05) is 0 Å². The van der Waals surface area contributed by atoms with E-state index in [0.29, 0.717) is 5.78 Å². The first-order valence-corrected chi connectivity index (χ1v) is 5.49. The molecule has 0 aliphatic heterocycles. The van der Waals surface area contributed by atoms with Gasteiger partial charge in [0, 0.05) is 5.92 Å². The summed E-state index contributed by atoms with van der Waals surface area (Å²) in [5, 5.41) is 0. The summed E-state index contributed by atoms with van der Waals surface area (Å²) < 4.78 is 0. The molecule has 1 heteroatoms. The molecule has 0 fully saturated rings. The third-order valence-corrected chi connectivity index (χ3v) is 2.78. The second-order valence-electron chi connectivity index (χ2n) is 4.03. The molecule has 1 aliphatic rings. The molecule has 0 saturated heterocycles. The summed E-state index contributed by atoms with van der Waals surface area (Å²) in [5.74, 6) is 0.649. The minimum atomic E-state index is 0.245. The molecule has 1 atom stereocenters. The van der Waals surface area contributed by atoms with Gasteiger partial charge in [-0.15, -0.1) is 0 Å². The summed E-state index contributed by atoms with van der Waals surface area (Å²) in [5.41, 5.74) is 1.10. The Labute approximate surface area is 81.2 Å². The van der Waals surface area contributed by atoms with Crippen molar-refractivity contribution in [2.45, 2.75) is 52.4 Å². The van der Waals surface area contributed by atoms with Crippen molar-refractivity contribution in [3.05, 3.63) is 11.6 Å². The maximum atomic E-state index is 11.8. The third-order valence-electron chi connectivity index (χ3n) is 2.78. The normalized spacial score (nSPS) is 19.4. The molecule has 0 N–H and O–H groups in total. The van der Waals surface area contributed by atoms with Gasteiger partial charge in [0.1, 0.15) is 0 Å². The fourth-order valence-electron chi connectivity index (χ4n) is 1.94. The zero-order valence-electron chi connectivity index (χ0n) is 8.81. The van der Waals surface area contributed by atoms with Crippen molar-refractivity contribution in [2.24, 2.45) is 5.92 Å². The average Bonchev–Trinajstić information content (AvgIpc) is 2.18.